The Morgan fingerprint density at radius 3 is 2.38 bits per heavy atom. The number of hydrogen-bond acceptors (Lipinski definition) is 2. The van der Waals surface area contributed by atoms with Crippen LogP contribution in [0.4, 0.5) is 4.39 Å². The van der Waals surface area contributed by atoms with Crippen molar-refractivity contribution >= 4 is 5.78 Å². The smallest absolute Gasteiger partial charge is 0.147 e. The highest BCUT2D eigenvalue weighted by Gasteiger charge is 2.44. The Morgan fingerprint density at radius 2 is 1.71 bits per heavy atom. The topological polar surface area (TPSA) is 37.3 Å². The van der Waals surface area contributed by atoms with Crippen molar-refractivity contribution in [2.45, 2.75) is 31.1 Å². The minimum absolute atomic E-state index is 0.0598. The van der Waals surface area contributed by atoms with E-state index in [1.807, 2.05) is 0 Å². The summed E-state index contributed by atoms with van der Waals surface area (Å²) in [6.45, 7) is 0. The minimum Gasteiger partial charge on any atom is -0.508 e. The van der Waals surface area contributed by atoms with Crippen LogP contribution in [0.15, 0.2) is 48.5 Å². The summed E-state index contributed by atoms with van der Waals surface area (Å²) in [4.78, 5) is 12.7. The third-order valence-corrected chi connectivity index (χ3v) is 4.38. The summed E-state index contributed by atoms with van der Waals surface area (Å²) in [6, 6.07) is 13.1. The van der Waals surface area contributed by atoms with Gasteiger partial charge in [-0.25, -0.2) is 4.39 Å². The van der Waals surface area contributed by atoms with Gasteiger partial charge in [0.25, 0.3) is 0 Å². The normalized spacial score (nSPS) is 22.2. The van der Waals surface area contributed by atoms with Crippen LogP contribution in [0.2, 0.25) is 0 Å². The summed E-state index contributed by atoms with van der Waals surface area (Å²) in [7, 11) is 0. The summed E-state index contributed by atoms with van der Waals surface area (Å²) < 4.78 is 14.4. The van der Waals surface area contributed by atoms with Crippen molar-refractivity contribution in [1.29, 1.82) is 0 Å². The highest BCUT2D eigenvalue weighted by atomic mass is 19.1. The van der Waals surface area contributed by atoms with E-state index in [1.54, 1.807) is 42.5 Å². The van der Waals surface area contributed by atoms with Crippen LogP contribution in [-0.2, 0) is 10.2 Å². The SMILES string of the molecule is O=C1CCCCC1(c1ccc(O)cc1)c1ccccc1F. The fraction of sp³-hybridized carbons (Fsp3) is 0.278. The summed E-state index contributed by atoms with van der Waals surface area (Å²) in [6.07, 6.45) is 2.82. The van der Waals surface area contributed by atoms with Gasteiger partial charge in [-0.3, -0.25) is 4.79 Å². The molecular formula is C18H17FO2. The van der Waals surface area contributed by atoms with Gasteiger partial charge in [0.1, 0.15) is 17.3 Å². The average molecular weight is 284 g/mol. The van der Waals surface area contributed by atoms with Crippen molar-refractivity contribution in [3.63, 3.8) is 0 Å². The standard InChI is InChI=1S/C18H17FO2/c19-16-6-2-1-5-15(16)18(12-4-3-7-17(18)21)13-8-10-14(20)11-9-13/h1-2,5-6,8-11,20H,3-4,7,12H2. The van der Waals surface area contributed by atoms with Crippen LogP contribution in [0.25, 0.3) is 0 Å². The van der Waals surface area contributed by atoms with Crippen LogP contribution in [-0.4, -0.2) is 10.9 Å². The third-order valence-electron chi connectivity index (χ3n) is 4.38. The first-order chi connectivity index (χ1) is 10.1. The van der Waals surface area contributed by atoms with Crippen molar-refractivity contribution in [3.05, 3.63) is 65.5 Å². The number of ketones is 1. The number of benzene rings is 2. The number of phenolic OH excluding ortho intramolecular Hbond substituents is 1. The molecule has 1 aliphatic carbocycles. The molecule has 0 aromatic heterocycles. The first-order valence-electron chi connectivity index (χ1n) is 7.22. The lowest BCUT2D eigenvalue weighted by Gasteiger charge is -2.37. The molecule has 1 N–H and O–H groups in total. The molecule has 3 rings (SSSR count). The van der Waals surface area contributed by atoms with E-state index in [9.17, 15) is 14.3 Å². The van der Waals surface area contributed by atoms with E-state index < -0.39 is 5.41 Å². The van der Waals surface area contributed by atoms with Crippen molar-refractivity contribution in [1.82, 2.24) is 0 Å². The lowest BCUT2D eigenvalue weighted by atomic mass is 9.64. The second kappa shape index (κ2) is 5.32. The van der Waals surface area contributed by atoms with Gasteiger partial charge in [0, 0.05) is 12.0 Å². The van der Waals surface area contributed by atoms with Gasteiger partial charge in [0.05, 0.1) is 5.41 Å². The van der Waals surface area contributed by atoms with Crippen LogP contribution < -0.4 is 0 Å². The van der Waals surface area contributed by atoms with Gasteiger partial charge in [0.2, 0.25) is 0 Å². The van der Waals surface area contributed by atoms with Gasteiger partial charge < -0.3 is 5.11 Å². The number of halogens is 1. The van der Waals surface area contributed by atoms with Gasteiger partial charge in [-0.05, 0) is 36.6 Å². The van der Waals surface area contributed by atoms with Crippen molar-refractivity contribution in [2.75, 3.05) is 0 Å². The summed E-state index contributed by atoms with van der Waals surface area (Å²) in [5, 5.41) is 9.47. The van der Waals surface area contributed by atoms with E-state index in [2.05, 4.69) is 0 Å². The van der Waals surface area contributed by atoms with Crippen LogP contribution >= 0.6 is 0 Å². The molecule has 108 valence electrons. The van der Waals surface area contributed by atoms with Crippen molar-refractivity contribution < 1.29 is 14.3 Å². The molecule has 1 fully saturated rings. The molecule has 2 aromatic carbocycles. The Balaban J connectivity index is 2.22. The number of carbonyl (C=O) groups is 1. The van der Waals surface area contributed by atoms with E-state index in [1.165, 1.54) is 6.07 Å². The van der Waals surface area contributed by atoms with Crippen molar-refractivity contribution in [2.24, 2.45) is 0 Å². The zero-order valence-electron chi connectivity index (χ0n) is 11.7. The fourth-order valence-corrected chi connectivity index (χ4v) is 3.33. The predicted molar refractivity (Wildman–Crippen MR) is 78.8 cm³/mol. The molecule has 0 spiro atoms. The summed E-state index contributed by atoms with van der Waals surface area (Å²) in [5.74, 6) is -0.143. The fourth-order valence-electron chi connectivity index (χ4n) is 3.33. The van der Waals surface area contributed by atoms with Crippen LogP contribution in [0.5, 0.6) is 5.75 Å². The Labute approximate surface area is 123 Å². The van der Waals surface area contributed by atoms with Gasteiger partial charge in [-0.2, -0.15) is 0 Å². The molecular weight excluding hydrogens is 267 g/mol. The molecule has 0 amide bonds. The predicted octanol–water partition coefficient (Wildman–Crippen LogP) is 3.96. The first-order valence-corrected chi connectivity index (χ1v) is 7.22. The second-order valence-electron chi connectivity index (χ2n) is 5.56. The zero-order valence-corrected chi connectivity index (χ0v) is 11.7. The first kappa shape index (κ1) is 13.8. The number of aromatic hydroxyl groups is 1. The molecule has 0 radical (unpaired) electrons. The molecule has 2 nitrogen and oxygen atoms in total. The van der Waals surface area contributed by atoms with Gasteiger partial charge in [-0.1, -0.05) is 36.8 Å². The van der Waals surface area contributed by atoms with Crippen LogP contribution in [0.3, 0.4) is 0 Å². The number of Topliss-reactive ketones (excluding diaryl/α,β-unsaturated/α-hetero) is 1. The third kappa shape index (κ3) is 2.23. The highest BCUT2D eigenvalue weighted by molar-refractivity contribution is 5.94. The average Bonchev–Trinajstić information content (AvgIpc) is 2.50. The zero-order chi connectivity index (χ0) is 14.9. The maximum Gasteiger partial charge on any atom is 0.147 e. The Morgan fingerprint density at radius 1 is 1.00 bits per heavy atom. The highest BCUT2D eigenvalue weighted by Crippen LogP contribution is 2.43. The van der Waals surface area contributed by atoms with E-state index in [0.717, 1.165) is 18.4 Å². The molecule has 1 atom stereocenters. The summed E-state index contributed by atoms with van der Waals surface area (Å²) in [5.41, 5.74) is 0.285. The largest absolute Gasteiger partial charge is 0.508 e. The van der Waals surface area contributed by atoms with E-state index >= 15 is 0 Å². The molecule has 1 unspecified atom stereocenters. The lowest BCUT2D eigenvalue weighted by molar-refractivity contribution is -0.125. The Bertz CT molecular complexity index is 663. The number of hydrogen-bond donors (Lipinski definition) is 1. The molecule has 0 aliphatic heterocycles. The van der Waals surface area contributed by atoms with Gasteiger partial charge in [-0.15, -0.1) is 0 Å². The molecule has 0 heterocycles. The number of rotatable bonds is 2. The molecule has 1 aliphatic rings. The molecule has 0 bridgehead atoms. The Kier molecular flexibility index (Phi) is 3.50. The molecule has 21 heavy (non-hydrogen) atoms. The maximum atomic E-state index is 14.4. The molecule has 0 saturated heterocycles. The quantitative estimate of drug-likeness (QED) is 0.906. The van der Waals surface area contributed by atoms with Crippen molar-refractivity contribution in [3.8, 4) is 5.75 Å². The van der Waals surface area contributed by atoms with Crippen LogP contribution in [0.1, 0.15) is 36.8 Å². The summed E-state index contributed by atoms with van der Waals surface area (Å²) >= 11 is 0. The lowest BCUT2D eigenvalue weighted by Crippen LogP contribution is -2.40. The van der Waals surface area contributed by atoms with E-state index in [-0.39, 0.29) is 17.3 Å². The maximum absolute atomic E-state index is 14.4. The van der Waals surface area contributed by atoms with Gasteiger partial charge in [0.15, 0.2) is 0 Å². The number of phenols is 1. The molecule has 2 aromatic rings. The minimum atomic E-state index is -0.919. The van der Waals surface area contributed by atoms with Crippen LogP contribution in [0, 0.1) is 5.82 Å². The molecule has 3 heteroatoms. The van der Waals surface area contributed by atoms with Gasteiger partial charge >= 0.3 is 0 Å². The second-order valence-corrected chi connectivity index (χ2v) is 5.56. The monoisotopic (exact) mass is 284 g/mol. The number of carbonyl (C=O) groups excluding carboxylic acids is 1. The van der Waals surface area contributed by atoms with E-state index in [0.29, 0.717) is 18.4 Å². The van der Waals surface area contributed by atoms with E-state index in [4.69, 9.17) is 0 Å². The Hall–Kier alpha value is -2.16. The molecule has 1 saturated carbocycles.